The molecule has 0 aromatic heterocycles. The molecule has 5 heteroatoms. The zero-order valence-corrected chi connectivity index (χ0v) is 13.9. The van der Waals surface area contributed by atoms with E-state index in [9.17, 15) is 9.59 Å². The molecule has 1 aromatic carbocycles. The number of halogens is 1. The average molecular weight is 341 g/mol. The van der Waals surface area contributed by atoms with Crippen LogP contribution in [0.2, 0.25) is 0 Å². The molecule has 0 fully saturated rings. The molecule has 0 bridgehead atoms. The summed E-state index contributed by atoms with van der Waals surface area (Å²) >= 11 is 3.40. The summed E-state index contributed by atoms with van der Waals surface area (Å²) in [4.78, 5) is 24.0. The van der Waals surface area contributed by atoms with E-state index in [2.05, 4.69) is 26.6 Å². The number of benzene rings is 1. The molecular formula is C15H21BrN2O2. The minimum atomic E-state index is -0.503. The first kappa shape index (κ1) is 16.7. The van der Waals surface area contributed by atoms with Crippen molar-refractivity contribution in [2.24, 2.45) is 5.92 Å². The first-order chi connectivity index (χ1) is 9.35. The van der Waals surface area contributed by atoms with E-state index in [1.807, 2.05) is 26.8 Å². The molecule has 110 valence electrons. The zero-order chi connectivity index (χ0) is 15.3. The summed E-state index contributed by atoms with van der Waals surface area (Å²) in [5.74, 6) is -0.0695. The highest BCUT2D eigenvalue weighted by molar-refractivity contribution is 9.10. The van der Waals surface area contributed by atoms with E-state index in [0.717, 1.165) is 10.0 Å². The van der Waals surface area contributed by atoms with Gasteiger partial charge in [0.15, 0.2) is 0 Å². The lowest BCUT2D eigenvalue weighted by molar-refractivity contribution is -0.122. The van der Waals surface area contributed by atoms with E-state index < -0.39 is 6.04 Å². The maximum Gasteiger partial charge on any atom is 0.251 e. The number of rotatable bonds is 5. The third-order valence-electron chi connectivity index (χ3n) is 3.00. The molecule has 0 spiro atoms. The lowest BCUT2D eigenvalue weighted by atomic mass is 10.0. The Kier molecular flexibility index (Phi) is 6.20. The highest BCUT2D eigenvalue weighted by Crippen LogP contribution is 2.17. The first-order valence-corrected chi connectivity index (χ1v) is 7.43. The fourth-order valence-electron chi connectivity index (χ4n) is 1.90. The van der Waals surface area contributed by atoms with Gasteiger partial charge in [0.05, 0.1) is 0 Å². The summed E-state index contributed by atoms with van der Waals surface area (Å²) in [5.41, 5.74) is 1.54. The fourth-order valence-corrected chi connectivity index (χ4v) is 2.15. The van der Waals surface area contributed by atoms with E-state index in [1.54, 1.807) is 19.2 Å². The van der Waals surface area contributed by atoms with Gasteiger partial charge in [-0.3, -0.25) is 9.59 Å². The third kappa shape index (κ3) is 4.63. The van der Waals surface area contributed by atoms with Gasteiger partial charge in [0.25, 0.3) is 5.91 Å². The average Bonchev–Trinajstić information content (AvgIpc) is 2.39. The normalized spacial score (nSPS) is 12.1. The van der Waals surface area contributed by atoms with Gasteiger partial charge < -0.3 is 10.6 Å². The molecule has 0 aliphatic carbocycles. The van der Waals surface area contributed by atoms with Gasteiger partial charge in [0.1, 0.15) is 6.04 Å². The predicted octanol–water partition coefficient (Wildman–Crippen LogP) is 2.65. The van der Waals surface area contributed by atoms with Crippen molar-refractivity contribution in [3.63, 3.8) is 0 Å². The standard InChI is InChI=1S/C15H21BrN2O2/c1-9(2)7-13(15(20)17-4)18-14(19)11-5-6-12(16)10(3)8-11/h5-6,8-9,13H,7H2,1-4H3,(H,17,20)(H,18,19). The molecule has 0 heterocycles. The minimum absolute atomic E-state index is 0.166. The van der Waals surface area contributed by atoms with Crippen LogP contribution in [0.4, 0.5) is 0 Å². The molecule has 0 radical (unpaired) electrons. The number of hydrogen-bond acceptors (Lipinski definition) is 2. The third-order valence-corrected chi connectivity index (χ3v) is 3.89. The smallest absolute Gasteiger partial charge is 0.251 e. The summed E-state index contributed by atoms with van der Waals surface area (Å²) in [6.07, 6.45) is 0.612. The Bertz CT molecular complexity index is 501. The molecule has 4 nitrogen and oxygen atoms in total. The second-order valence-electron chi connectivity index (χ2n) is 5.23. The van der Waals surface area contributed by atoms with Gasteiger partial charge in [-0.15, -0.1) is 0 Å². The van der Waals surface area contributed by atoms with Crippen molar-refractivity contribution in [3.8, 4) is 0 Å². The Morgan fingerprint density at radius 1 is 1.30 bits per heavy atom. The molecule has 0 saturated heterocycles. The highest BCUT2D eigenvalue weighted by Gasteiger charge is 2.21. The van der Waals surface area contributed by atoms with Crippen LogP contribution in [0.15, 0.2) is 22.7 Å². The monoisotopic (exact) mass is 340 g/mol. The van der Waals surface area contributed by atoms with Crippen LogP contribution in [0, 0.1) is 12.8 Å². The summed E-state index contributed by atoms with van der Waals surface area (Å²) in [7, 11) is 1.57. The largest absolute Gasteiger partial charge is 0.357 e. The molecule has 2 amide bonds. The van der Waals surface area contributed by atoms with Crippen molar-refractivity contribution in [1.82, 2.24) is 10.6 Å². The summed E-state index contributed by atoms with van der Waals surface area (Å²) in [5, 5.41) is 5.38. The van der Waals surface area contributed by atoms with E-state index in [4.69, 9.17) is 0 Å². The van der Waals surface area contributed by atoms with Crippen LogP contribution in [0.5, 0.6) is 0 Å². The number of carbonyl (C=O) groups excluding carboxylic acids is 2. The number of amides is 2. The van der Waals surface area contributed by atoms with Crippen LogP contribution in [0.25, 0.3) is 0 Å². The van der Waals surface area contributed by atoms with Crippen LogP contribution >= 0.6 is 15.9 Å². The van der Waals surface area contributed by atoms with Gasteiger partial charge in [0, 0.05) is 17.1 Å². The number of hydrogen-bond donors (Lipinski definition) is 2. The Morgan fingerprint density at radius 3 is 2.45 bits per heavy atom. The number of aryl methyl sites for hydroxylation is 1. The Labute approximate surface area is 128 Å². The van der Waals surface area contributed by atoms with Crippen molar-refractivity contribution in [3.05, 3.63) is 33.8 Å². The zero-order valence-electron chi connectivity index (χ0n) is 12.3. The molecule has 1 unspecified atom stereocenters. The van der Waals surface area contributed by atoms with Gasteiger partial charge in [-0.05, 0) is 43.0 Å². The summed E-state index contributed by atoms with van der Waals surface area (Å²) < 4.78 is 0.957. The molecule has 0 aliphatic heterocycles. The molecule has 2 N–H and O–H groups in total. The predicted molar refractivity (Wildman–Crippen MR) is 83.7 cm³/mol. The number of carbonyl (C=O) groups is 2. The Hall–Kier alpha value is -1.36. The molecule has 1 rings (SSSR count). The molecule has 1 aromatic rings. The topological polar surface area (TPSA) is 58.2 Å². The fraction of sp³-hybridized carbons (Fsp3) is 0.467. The maximum atomic E-state index is 12.2. The molecule has 0 aliphatic rings. The Morgan fingerprint density at radius 2 is 1.95 bits per heavy atom. The van der Waals surface area contributed by atoms with E-state index in [-0.39, 0.29) is 11.8 Å². The van der Waals surface area contributed by atoms with Crippen LogP contribution < -0.4 is 10.6 Å². The Balaban J connectivity index is 2.84. The van der Waals surface area contributed by atoms with Gasteiger partial charge in [-0.1, -0.05) is 29.8 Å². The van der Waals surface area contributed by atoms with Gasteiger partial charge in [-0.2, -0.15) is 0 Å². The van der Waals surface area contributed by atoms with Crippen LogP contribution in [0.3, 0.4) is 0 Å². The van der Waals surface area contributed by atoms with Crippen LogP contribution in [-0.2, 0) is 4.79 Å². The van der Waals surface area contributed by atoms with Crippen LogP contribution in [0.1, 0.15) is 36.2 Å². The second-order valence-corrected chi connectivity index (χ2v) is 6.09. The number of nitrogens with one attached hydrogen (secondary N) is 2. The first-order valence-electron chi connectivity index (χ1n) is 6.63. The quantitative estimate of drug-likeness (QED) is 0.865. The van der Waals surface area contributed by atoms with E-state index in [1.165, 1.54) is 0 Å². The van der Waals surface area contributed by atoms with E-state index in [0.29, 0.717) is 17.9 Å². The maximum absolute atomic E-state index is 12.2. The van der Waals surface area contributed by atoms with Crippen molar-refractivity contribution >= 4 is 27.7 Å². The van der Waals surface area contributed by atoms with E-state index >= 15 is 0 Å². The van der Waals surface area contributed by atoms with Gasteiger partial charge in [-0.25, -0.2) is 0 Å². The minimum Gasteiger partial charge on any atom is -0.357 e. The van der Waals surface area contributed by atoms with Crippen molar-refractivity contribution in [2.45, 2.75) is 33.2 Å². The lowest BCUT2D eigenvalue weighted by Crippen LogP contribution is -2.46. The van der Waals surface area contributed by atoms with Gasteiger partial charge >= 0.3 is 0 Å². The lowest BCUT2D eigenvalue weighted by Gasteiger charge is -2.19. The van der Waals surface area contributed by atoms with Gasteiger partial charge in [0.2, 0.25) is 5.91 Å². The molecular weight excluding hydrogens is 320 g/mol. The SMILES string of the molecule is CNC(=O)C(CC(C)C)NC(=O)c1ccc(Br)c(C)c1. The number of likely N-dealkylation sites (N-methyl/N-ethyl adjacent to an activating group) is 1. The molecule has 20 heavy (non-hydrogen) atoms. The van der Waals surface area contributed by atoms with Crippen molar-refractivity contribution in [2.75, 3.05) is 7.05 Å². The summed E-state index contributed by atoms with van der Waals surface area (Å²) in [6, 6.07) is 4.87. The highest BCUT2D eigenvalue weighted by atomic mass is 79.9. The van der Waals surface area contributed by atoms with Crippen molar-refractivity contribution in [1.29, 1.82) is 0 Å². The molecule has 1 atom stereocenters. The summed E-state index contributed by atoms with van der Waals surface area (Å²) in [6.45, 7) is 5.96. The van der Waals surface area contributed by atoms with Crippen LogP contribution in [-0.4, -0.2) is 24.9 Å². The molecule has 0 saturated carbocycles. The van der Waals surface area contributed by atoms with Crippen molar-refractivity contribution < 1.29 is 9.59 Å². The second kappa shape index (κ2) is 7.43.